The first kappa shape index (κ1) is 22.2. The van der Waals surface area contributed by atoms with E-state index in [1.54, 1.807) is 36.9 Å². The fourth-order valence-electron chi connectivity index (χ4n) is 3.19. The first-order valence-electron chi connectivity index (χ1n) is 10.4. The summed E-state index contributed by atoms with van der Waals surface area (Å²) in [5.41, 5.74) is 1.72. The zero-order valence-corrected chi connectivity index (χ0v) is 18.6. The molecular weight excluding hydrogens is 394 g/mol. The quantitative estimate of drug-likeness (QED) is 0.590. The third kappa shape index (κ3) is 4.82. The van der Waals surface area contributed by atoms with Gasteiger partial charge in [0.2, 0.25) is 0 Å². The molecule has 1 N–H and O–H groups in total. The van der Waals surface area contributed by atoms with E-state index in [0.29, 0.717) is 41.9 Å². The van der Waals surface area contributed by atoms with Gasteiger partial charge in [0, 0.05) is 12.6 Å². The van der Waals surface area contributed by atoms with E-state index in [2.05, 4.69) is 19.2 Å². The van der Waals surface area contributed by atoms with Gasteiger partial charge in [-0.1, -0.05) is 32.0 Å². The number of carbonyl (C=O) groups excluding carboxylic acids is 1. The van der Waals surface area contributed by atoms with Gasteiger partial charge in [-0.3, -0.25) is 14.3 Å². The van der Waals surface area contributed by atoms with Gasteiger partial charge in [0.15, 0.2) is 11.5 Å². The summed E-state index contributed by atoms with van der Waals surface area (Å²) < 4.78 is 14.7. The van der Waals surface area contributed by atoms with Crippen LogP contribution < -0.4 is 20.3 Å². The third-order valence-corrected chi connectivity index (χ3v) is 4.87. The highest BCUT2D eigenvalue weighted by Crippen LogP contribution is 2.29. The number of para-hydroxylation sites is 1. The third-order valence-electron chi connectivity index (χ3n) is 4.87. The molecule has 7 heteroatoms. The number of hydrogen-bond acceptors (Lipinski definition) is 4. The Hall–Kier alpha value is -3.48. The van der Waals surface area contributed by atoms with Crippen molar-refractivity contribution >= 4 is 11.6 Å². The van der Waals surface area contributed by atoms with Crippen LogP contribution in [0, 0.1) is 12.8 Å². The average molecular weight is 424 g/mol. The molecule has 0 unspecified atom stereocenters. The summed E-state index contributed by atoms with van der Waals surface area (Å²) in [6.07, 6.45) is 0. The van der Waals surface area contributed by atoms with Crippen molar-refractivity contribution in [2.75, 3.05) is 18.5 Å². The SMILES string of the molecule is CCOc1cc(C(=O)Nc2c(C)n(C)n(-c3ccccc3)c2=O)ccc1OCC(C)C. The maximum atomic E-state index is 13.0. The lowest BCUT2D eigenvalue weighted by Crippen LogP contribution is -2.23. The number of benzene rings is 2. The fraction of sp³-hybridized carbons (Fsp3) is 0.333. The first-order chi connectivity index (χ1) is 14.8. The van der Waals surface area contributed by atoms with Crippen LogP contribution in [0.5, 0.6) is 11.5 Å². The number of nitrogens with zero attached hydrogens (tertiary/aromatic N) is 2. The Morgan fingerprint density at radius 2 is 1.77 bits per heavy atom. The van der Waals surface area contributed by atoms with Gasteiger partial charge in [-0.25, -0.2) is 4.68 Å². The molecule has 31 heavy (non-hydrogen) atoms. The molecule has 3 aromatic rings. The van der Waals surface area contributed by atoms with Crippen molar-refractivity contribution in [3.8, 4) is 17.2 Å². The van der Waals surface area contributed by atoms with Crippen LogP contribution >= 0.6 is 0 Å². The van der Waals surface area contributed by atoms with Crippen molar-refractivity contribution in [1.82, 2.24) is 9.36 Å². The summed E-state index contributed by atoms with van der Waals surface area (Å²) in [4.78, 5) is 26.0. The van der Waals surface area contributed by atoms with Crippen LogP contribution in [0.15, 0.2) is 53.3 Å². The van der Waals surface area contributed by atoms with Crippen molar-refractivity contribution in [3.05, 3.63) is 70.1 Å². The molecule has 0 saturated carbocycles. The van der Waals surface area contributed by atoms with Gasteiger partial charge >= 0.3 is 0 Å². The number of carbonyl (C=O) groups is 1. The number of amides is 1. The van der Waals surface area contributed by atoms with Gasteiger partial charge in [0.1, 0.15) is 5.69 Å². The molecule has 0 saturated heterocycles. The number of ether oxygens (including phenoxy) is 2. The molecule has 0 atom stereocenters. The summed E-state index contributed by atoms with van der Waals surface area (Å²) in [5, 5.41) is 2.78. The lowest BCUT2D eigenvalue weighted by Gasteiger charge is -2.14. The predicted octanol–water partition coefficient (Wildman–Crippen LogP) is 4.17. The van der Waals surface area contributed by atoms with Gasteiger partial charge in [-0.2, -0.15) is 0 Å². The second kappa shape index (κ2) is 9.55. The maximum absolute atomic E-state index is 13.0. The smallest absolute Gasteiger partial charge is 0.295 e. The predicted molar refractivity (Wildman–Crippen MR) is 122 cm³/mol. The molecule has 1 aromatic heterocycles. The van der Waals surface area contributed by atoms with Gasteiger partial charge in [-0.15, -0.1) is 0 Å². The lowest BCUT2D eigenvalue weighted by molar-refractivity contribution is 0.102. The Kier molecular flexibility index (Phi) is 6.84. The van der Waals surface area contributed by atoms with Gasteiger partial charge in [0.25, 0.3) is 11.5 Å². The second-order valence-electron chi connectivity index (χ2n) is 7.69. The highest BCUT2D eigenvalue weighted by Gasteiger charge is 2.20. The molecule has 0 fully saturated rings. The van der Waals surface area contributed by atoms with E-state index in [9.17, 15) is 9.59 Å². The van der Waals surface area contributed by atoms with Crippen LogP contribution in [0.2, 0.25) is 0 Å². The molecule has 0 aliphatic heterocycles. The summed E-state index contributed by atoms with van der Waals surface area (Å²) in [5.74, 6) is 1.07. The summed E-state index contributed by atoms with van der Waals surface area (Å²) >= 11 is 0. The summed E-state index contributed by atoms with van der Waals surface area (Å²) in [6.45, 7) is 8.79. The van der Waals surface area contributed by atoms with E-state index >= 15 is 0 Å². The minimum atomic E-state index is -0.387. The minimum absolute atomic E-state index is 0.245. The Labute approximate surface area is 182 Å². The lowest BCUT2D eigenvalue weighted by atomic mass is 10.1. The second-order valence-corrected chi connectivity index (χ2v) is 7.69. The van der Waals surface area contributed by atoms with Crippen molar-refractivity contribution in [2.45, 2.75) is 27.7 Å². The highest BCUT2D eigenvalue weighted by molar-refractivity contribution is 6.04. The number of anilines is 1. The van der Waals surface area contributed by atoms with E-state index in [1.807, 2.05) is 37.3 Å². The zero-order valence-electron chi connectivity index (χ0n) is 18.6. The molecule has 0 bridgehead atoms. The molecule has 0 radical (unpaired) electrons. The van der Waals surface area contributed by atoms with E-state index in [1.165, 1.54) is 4.68 Å². The van der Waals surface area contributed by atoms with Crippen molar-refractivity contribution in [2.24, 2.45) is 13.0 Å². The molecule has 0 aliphatic carbocycles. The normalized spacial score (nSPS) is 10.9. The van der Waals surface area contributed by atoms with Crippen molar-refractivity contribution in [3.63, 3.8) is 0 Å². The largest absolute Gasteiger partial charge is 0.490 e. The van der Waals surface area contributed by atoms with Crippen molar-refractivity contribution in [1.29, 1.82) is 0 Å². The van der Waals surface area contributed by atoms with Crippen LogP contribution in [0.1, 0.15) is 36.8 Å². The molecule has 0 aliphatic rings. The van der Waals surface area contributed by atoms with Crippen LogP contribution in [-0.2, 0) is 7.05 Å². The standard InChI is InChI=1S/C24H29N3O4/c1-6-30-21-14-18(12-13-20(21)31-15-16(2)3)23(28)25-22-17(4)26(5)27(24(22)29)19-10-8-7-9-11-19/h7-14,16H,6,15H2,1-5H3,(H,25,28). The average Bonchev–Trinajstić information content (AvgIpc) is 2.96. The number of nitrogens with one attached hydrogen (secondary N) is 1. The Morgan fingerprint density at radius 3 is 2.42 bits per heavy atom. The van der Waals surface area contributed by atoms with Crippen LogP contribution in [0.3, 0.4) is 0 Å². The molecular formula is C24H29N3O4. The minimum Gasteiger partial charge on any atom is -0.490 e. The van der Waals surface area contributed by atoms with Crippen LogP contribution in [0.4, 0.5) is 5.69 Å². The molecule has 1 heterocycles. The van der Waals surface area contributed by atoms with Crippen LogP contribution in [-0.4, -0.2) is 28.5 Å². The van der Waals surface area contributed by atoms with E-state index < -0.39 is 0 Å². The number of rotatable bonds is 8. The van der Waals surface area contributed by atoms with E-state index in [0.717, 1.165) is 5.69 Å². The topological polar surface area (TPSA) is 74.5 Å². The Morgan fingerprint density at radius 1 is 1.06 bits per heavy atom. The number of aromatic nitrogens is 2. The zero-order chi connectivity index (χ0) is 22.5. The molecule has 3 rings (SSSR count). The first-order valence-corrected chi connectivity index (χ1v) is 10.4. The summed E-state index contributed by atoms with van der Waals surface area (Å²) in [6, 6.07) is 14.3. The Bertz CT molecular complexity index is 1110. The van der Waals surface area contributed by atoms with Crippen LogP contribution in [0.25, 0.3) is 5.69 Å². The van der Waals surface area contributed by atoms with E-state index in [-0.39, 0.29) is 17.2 Å². The van der Waals surface area contributed by atoms with Crippen molar-refractivity contribution < 1.29 is 14.3 Å². The highest BCUT2D eigenvalue weighted by atomic mass is 16.5. The fourth-order valence-corrected chi connectivity index (χ4v) is 3.19. The molecule has 164 valence electrons. The Balaban J connectivity index is 1.90. The van der Waals surface area contributed by atoms with Gasteiger partial charge in [-0.05, 0) is 50.1 Å². The molecule has 1 amide bonds. The summed E-state index contributed by atoms with van der Waals surface area (Å²) in [7, 11) is 1.79. The van der Waals surface area contributed by atoms with E-state index in [4.69, 9.17) is 9.47 Å². The van der Waals surface area contributed by atoms with Gasteiger partial charge < -0.3 is 14.8 Å². The maximum Gasteiger partial charge on any atom is 0.295 e. The molecule has 2 aromatic carbocycles. The molecule has 0 spiro atoms. The monoisotopic (exact) mass is 423 g/mol. The number of hydrogen-bond donors (Lipinski definition) is 1. The molecule has 7 nitrogen and oxygen atoms in total. The van der Waals surface area contributed by atoms with Gasteiger partial charge in [0.05, 0.1) is 24.6 Å².